The molecule has 0 saturated carbocycles. The molecule has 2 heterocycles. The van der Waals surface area contributed by atoms with Crippen LogP contribution in [0.1, 0.15) is 18.1 Å². The Bertz CT molecular complexity index is 1370. The van der Waals surface area contributed by atoms with Gasteiger partial charge >= 0.3 is 0 Å². The summed E-state index contributed by atoms with van der Waals surface area (Å²) in [6, 6.07) is 17.6. The van der Waals surface area contributed by atoms with Crippen molar-refractivity contribution in [3.8, 4) is 17.1 Å². The number of nitrogens with one attached hydrogen (secondary N) is 1. The molecule has 11 heteroatoms. The molecule has 1 N–H and O–H groups in total. The first kappa shape index (κ1) is 23.8. The number of carbonyl (C=O) groups excluding carboxylic acids is 1. The third-order valence-electron chi connectivity index (χ3n) is 5.04. The zero-order valence-electron chi connectivity index (χ0n) is 19.0. The van der Waals surface area contributed by atoms with Gasteiger partial charge in [0.2, 0.25) is 0 Å². The Morgan fingerprint density at radius 2 is 1.74 bits per heavy atom. The monoisotopic (exact) mass is 487 g/mol. The lowest BCUT2D eigenvalue weighted by atomic mass is 10.1. The number of thioether (sulfide) groups is 1. The van der Waals surface area contributed by atoms with Crippen LogP contribution >= 0.6 is 11.8 Å². The van der Waals surface area contributed by atoms with Gasteiger partial charge in [-0.15, -0.1) is 10.2 Å². The van der Waals surface area contributed by atoms with E-state index in [4.69, 9.17) is 0 Å². The van der Waals surface area contributed by atoms with Crippen LogP contribution in [0.2, 0.25) is 0 Å². The molecule has 0 radical (unpaired) electrons. The van der Waals surface area contributed by atoms with E-state index in [1.54, 1.807) is 31.5 Å². The fourth-order valence-corrected chi connectivity index (χ4v) is 3.92. The van der Waals surface area contributed by atoms with Gasteiger partial charge in [0.25, 0.3) is 11.6 Å². The van der Waals surface area contributed by atoms with Gasteiger partial charge in [-0.05, 0) is 55.8 Å². The predicted octanol–water partition coefficient (Wildman–Crippen LogP) is 4.18. The summed E-state index contributed by atoms with van der Waals surface area (Å²) >= 11 is 1.24. The Labute approximate surface area is 205 Å². The highest BCUT2D eigenvalue weighted by atomic mass is 32.2. The number of hydrogen-bond donors (Lipinski definition) is 1. The van der Waals surface area contributed by atoms with Gasteiger partial charge in [-0.25, -0.2) is 5.43 Å². The number of hydrogen-bond acceptors (Lipinski definition) is 8. The molecule has 0 bridgehead atoms. The van der Waals surface area contributed by atoms with E-state index < -0.39 is 4.92 Å². The highest BCUT2D eigenvalue weighted by Crippen LogP contribution is 2.27. The number of nitro groups is 1. The van der Waals surface area contributed by atoms with E-state index in [0.717, 1.165) is 16.8 Å². The zero-order valence-corrected chi connectivity index (χ0v) is 19.8. The summed E-state index contributed by atoms with van der Waals surface area (Å²) in [5, 5.41) is 24.1. The molecule has 0 spiro atoms. The lowest BCUT2D eigenvalue weighted by molar-refractivity contribution is -0.384. The number of carbonyl (C=O) groups is 1. The van der Waals surface area contributed by atoms with E-state index in [2.05, 4.69) is 25.7 Å². The molecular formula is C24H21N7O3S. The predicted molar refractivity (Wildman–Crippen MR) is 134 cm³/mol. The van der Waals surface area contributed by atoms with Crippen LogP contribution in [0.3, 0.4) is 0 Å². The average molecular weight is 488 g/mol. The Hall–Kier alpha value is -4.38. The Kier molecular flexibility index (Phi) is 7.27. The van der Waals surface area contributed by atoms with E-state index in [1.165, 1.54) is 23.9 Å². The van der Waals surface area contributed by atoms with E-state index in [9.17, 15) is 14.9 Å². The Balaban J connectivity index is 1.48. The van der Waals surface area contributed by atoms with Crippen LogP contribution in [0.15, 0.2) is 83.3 Å². The van der Waals surface area contributed by atoms with Crippen molar-refractivity contribution in [3.63, 3.8) is 0 Å². The van der Waals surface area contributed by atoms with Crippen LogP contribution in [0.5, 0.6) is 0 Å². The van der Waals surface area contributed by atoms with Gasteiger partial charge in [0.05, 0.1) is 16.4 Å². The fraction of sp³-hybridized carbons (Fsp3) is 0.125. The first-order valence-electron chi connectivity index (χ1n) is 10.6. The summed E-state index contributed by atoms with van der Waals surface area (Å²) in [6.45, 7) is 3.72. The van der Waals surface area contributed by atoms with Crippen molar-refractivity contribution in [2.75, 3.05) is 5.75 Å². The van der Waals surface area contributed by atoms with Crippen molar-refractivity contribution < 1.29 is 9.72 Å². The van der Waals surface area contributed by atoms with Crippen molar-refractivity contribution in [1.82, 2.24) is 25.2 Å². The molecule has 0 atom stereocenters. The second-order valence-electron chi connectivity index (χ2n) is 7.54. The first-order chi connectivity index (χ1) is 16.9. The number of pyridine rings is 1. The number of rotatable bonds is 8. The largest absolute Gasteiger partial charge is 0.272 e. The molecular weight excluding hydrogens is 466 g/mol. The van der Waals surface area contributed by atoms with Crippen molar-refractivity contribution in [1.29, 1.82) is 0 Å². The molecule has 4 rings (SSSR count). The van der Waals surface area contributed by atoms with Crippen molar-refractivity contribution in [2.45, 2.75) is 19.0 Å². The lowest BCUT2D eigenvalue weighted by Crippen LogP contribution is -2.21. The van der Waals surface area contributed by atoms with Crippen molar-refractivity contribution in [3.05, 3.63) is 94.3 Å². The molecule has 0 saturated heterocycles. The molecule has 176 valence electrons. The number of amides is 1. The van der Waals surface area contributed by atoms with E-state index >= 15 is 0 Å². The molecule has 35 heavy (non-hydrogen) atoms. The van der Waals surface area contributed by atoms with Crippen LogP contribution < -0.4 is 5.43 Å². The third kappa shape index (κ3) is 5.76. The maximum absolute atomic E-state index is 12.5. The SMILES string of the molecule is CC(=NNC(=O)CSc1nnc(-c2ccncc2)n1-c1ccc(C)cc1)c1ccc([N+](=O)[O-])cc1. The minimum Gasteiger partial charge on any atom is -0.272 e. The van der Waals surface area contributed by atoms with Crippen LogP contribution in [-0.4, -0.2) is 42.0 Å². The third-order valence-corrected chi connectivity index (χ3v) is 5.97. The van der Waals surface area contributed by atoms with E-state index in [1.807, 2.05) is 47.9 Å². The van der Waals surface area contributed by atoms with E-state index in [0.29, 0.717) is 22.3 Å². The van der Waals surface area contributed by atoms with Crippen molar-refractivity contribution >= 4 is 29.1 Å². The standard InChI is InChI=1S/C24H21N7O3S/c1-16-3-7-20(8-4-16)30-23(19-11-13-25-14-12-19)28-29-24(30)35-15-22(32)27-26-17(2)18-5-9-21(10-6-18)31(33)34/h3-14H,15H2,1-2H3,(H,27,32). The average Bonchev–Trinajstić information content (AvgIpc) is 3.31. The van der Waals surface area contributed by atoms with Gasteiger partial charge in [-0.3, -0.25) is 24.5 Å². The quantitative estimate of drug-likeness (QED) is 0.171. The summed E-state index contributed by atoms with van der Waals surface area (Å²) in [7, 11) is 0. The number of non-ortho nitro benzene ring substituents is 1. The highest BCUT2D eigenvalue weighted by molar-refractivity contribution is 7.99. The number of aryl methyl sites for hydroxylation is 1. The minimum absolute atomic E-state index is 0.00851. The Morgan fingerprint density at radius 1 is 1.06 bits per heavy atom. The molecule has 0 aliphatic carbocycles. The van der Waals surface area contributed by atoms with Crippen LogP contribution in [0.4, 0.5) is 5.69 Å². The molecule has 1 amide bonds. The molecule has 2 aromatic heterocycles. The van der Waals surface area contributed by atoms with Gasteiger partial charge in [-0.2, -0.15) is 5.10 Å². The molecule has 0 unspecified atom stereocenters. The second kappa shape index (κ2) is 10.7. The molecule has 0 fully saturated rings. The summed E-state index contributed by atoms with van der Waals surface area (Å²) in [6.07, 6.45) is 3.38. The van der Waals surface area contributed by atoms with Crippen LogP contribution in [0.25, 0.3) is 17.1 Å². The number of aromatic nitrogens is 4. The number of benzene rings is 2. The molecule has 4 aromatic rings. The minimum atomic E-state index is -0.468. The molecule has 0 aliphatic heterocycles. The van der Waals surface area contributed by atoms with Gasteiger partial charge in [0, 0.05) is 35.8 Å². The first-order valence-corrected chi connectivity index (χ1v) is 11.5. The summed E-state index contributed by atoms with van der Waals surface area (Å²) in [5.41, 5.74) is 6.57. The summed E-state index contributed by atoms with van der Waals surface area (Å²) < 4.78 is 1.90. The van der Waals surface area contributed by atoms with Crippen molar-refractivity contribution in [2.24, 2.45) is 5.10 Å². The fourth-order valence-electron chi connectivity index (χ4n) is 3.18. The number of nitrogens with zero attached hydrogens (tertiary/aromatic N) is 6. The maximum Gasteiger partial charge on any atom is 0.269 e. The topological polar surface area (TPSA) is 128 Å². The second-order valence-corrected chi connectivity index (χ2v) is 8.48. The zero-order chi connectivity index (χ0) is 24.8. The van der Waals surface area contributed by atoms with Crippen LogP contribution in [0, 0.1) is 17.0 Å². The van der Waals surface area contributed by atoms with Gasteiger partial charge in [-0.1, -0.05) is 29.5 Å². The van der Waals surface area contributed by atoms with Gasteiger partial charge in [0.15, 0.2) is 11.0 Å². The van der Waals surface area contributed by atoms with Gasteiger partial charge in [0.1, 0.15) is 0 Å². The summed E-state index contributed by atoms with van der Waals surface area (Å²) in [4.78, 5) is 26.9. The highest BCUT2D eigenvalue weighted by Gasteiger charge is 2.17. The summed E-state index contributed by atoms with van der Waals surface area (Å²) in [5.74, 6) is 0.392. The molecule has 10 nitrogen and oxygen atoms in total. The Morgan fingerprint density at radius 3 is 2.40 bits per heavy atom. The molecule has 2 aromatic carbocycles. The lowest BCUT2D eigenvalue weighted by Gasteiger charge is -2.10. The normalized spacial score (nSPS) is 11.3. The number of nitro benzene ring substituents is 1. The molecule has 0 aliphatic rings. The van der Waals surface area contributed by atoms with Gasteiger partial charge < -0.3 is 0 Å². The van der Waals surface area contributed by atoms with E-state index in [-0.39, 0.29) is 17.3 Å². The van der Waals surface area contributed by atoms with Crippen LogP contribution in [-0.2, 0) is 4.79 Å². The number of hydrazone groups is 1. The smallest absolute Gasteiger partial charge is 0.269 e. The maximum atomic E-state index is 12.5.